The number of benzene rings is 1. The number of carbonyl (C=O) groups is 1. The number of hydrogen-bond acceptors (Lipinski definition) is 4. The number of imidazole rings is 1. The first-order valence-electron chi connectivity index (χ1n) is 9.94. The molecule has 0 aliphatic heterocycles. The van der Waals surface area contributed by atoms with Crippen LogP contribution in [-0.4, -0.2) is 51.2 Å². The van der Waals surface area contributed by atoms with Crippen molar-refractivity contribution in [3.8, 4) is 17.1 Å². The topological polar surface area (TPSA) is 71.8 Å². The summed E-state index contributed by atoms with van der Waals surface area (Å²) >= 11 is 0. The number of ether oxygens (including phenoxy) is 1. The highest BCUT2D eigenvalue weighted by molar-refractivity contribution is 5.75. The monoisotopic (exact) mass is 447 g/mol. The summed E-state index contributed by atoms with van der Waals surface area (Å²) in [5, 5.41) is 1.99. The summed E-state index contributed by atoms with van der Waals surface area (Å²) in [5.41, 5.74) is 2.71. The van der Waals surface area contributed by atoms with Gasteiger partial charge in [-0.15, -0.1) is 6.58 Å². The number of fused-ring (bicyclic) bond motifs is 1. The van der Waals surface area contributed by atoms with Gasteiger partial charge in [-0.05, 0) is 25.5 Å². The lowest BCUT2D eigenvalue weighted by Crippen LogP contribution is -2.50. The van der Waals surface area contributed by atoms with Gasteiger partial charge >= 0.3 is 12.2 Å². The van der Waals surface area contributed by atoms with Crippen molar-refractivity contribution >= 4 is 11.7 Å². The second-order valence-electron chi connectivity index (χ2n) is 7.09. The summed E-state index contributed by atoms with van der Waals surface area (Å²) in [6.07, 6.45) is 1.27. The lowest BCUT2D eigenvalue weighted by atomic mass is 10.0. The van der Waals surface area contributed by atoms with Crippen molar-refractivity contribution in [1.29, 1.82) is 0 Å². The average molecular weight is 447 g/mol. The van der Waals surface area contributed by atoms with E-state index in [1.165, 1.54) is 12.0 Å². The fraction of sp³-hybridized carbons (Fsp3) is 0.318. The number of hydrogen-bond donors (Lipinski definition) is 1. The number of nitrogens with zero attached hydrogens (tertiary/aromatic N) is 4. The zero-order valence-corrected chi connectivity index (χ0v) is 17.9. The SMILES string of the molecule is C=C[C@H](NC(=O)N(CC)[C@H](C)c1cccc(-c2cn3ccnc3c(OC)n2)c1)C(F)(F)F. The Kier molecular flexibility index (Phi) is 6.71. The van der Waals surface area contributed by atoms with Crippen molar-refractivity contribution in [2.24, 2.45) is 0 Å². The Bertz CT molecular complexity index is 1110. The largest absolute Gasteiger partial charge is 0.478 e. The van der Waals surface area contributed by atoms with E-state index in [0.717, 1.165) is 11.1 Å². The predicted octanol–water partition coefficient (Wildman–Crippen LogP) is 4.61. The summed E-state index contributed by atoms with van der Waals surface area (Å²) in [7, 11) is 1.51. The standard InChI is InChI=1S/C22H24F3N5O2/c1-5-18(22(23,24)25)28-21(31)30(6-2)14(3)15-8-7-9-16(12-15)17-13-29-11-10-26-19(29)20(27-17)32-4/h5,7-14,18H,1,6H2,2-4H3,(H,28,31)/t14-,18+/m1/s1. The van der Waals surface area contributed by atoms with Gasteiger partial charge in [0.1, 0.15) is 6.04 Å². The second kappa shape index (κ2) is 9.29. The number of urea groups is 1. The Labute approximate surface area is 183 Å². The van der Waals surface area contributed by atoms with E-state index in [4.69, 9.17) is 4.74 Å². The first kappa shape index (κ1) is 23.1. The molecule has 2 atom stereocenters. The minimum absolute atomic E-state index is 0.214. The third-order valence-electron chi connectivity index (χ3n) is 5.14. The second-order valence-corrected chi connectivity index (χ2v) is 7.09. The van der Waals surface area contributed by atoms with Gasteiger partial charge in [0.05, 0.1) is 18.8 Å². The third kappa shape index (κ3) is 4.68. The summed E-state index contributed by atoms with van der Waals surface area (Å²) < 4.78 is 46.2. The summed E-state index contributed by atoms with van der Waals surface area (Å²) in [6.45, 7) is 6.84. The Morgan fingerprint density at radius 2 is 2.16 bits per heavy atom. The molecule has 10 heteroatoms. The molecular weight excluding hydrogens is 423 g/mol. The zero-order valence-electron chi connectivity index (χ0n) is 17.9. The minimum atomic E-state index is -4.61. The smallest absolute Gasteiger partial charge is 0.412 e. The molecule has 32 heavy (non-hydrogen) atoms. The van der Waals surface area contributed by atoms with Crippen molar-refractivity contribution in [3.05, 3.63) is 61.1 Å². The fourth-order valence-electron chi connectivity index (χ4n) is 3.40. The first-order valence-corrected chi connectivity index (χ1v) is 9.94. The van der Waals surface area contributed by atoms with Gasteiger partial charge in [-0.25, -0.2) is 14.8 Å². The maximum absolute atomic E-state index is 13.0. The van der Waals surface area contributed by atoms with Crippen LogP contribution >= 0.6 is 0 Å². The normalized spacial score (nSPS) is 13.4. The molecule has 2 amide bonds. The highest BCUT2D eigenvalue weighted by Crippen LogP contribution is 2.28. The van der Waals surface area contributed by atoms with Crippen LogP contribution in [0.15, 0.2) is 55.5 Å². The van der Waals surface area contributed by atoms with Crippen molar-refractivity contribution in [1.82, 2.24) is 24.6 Å². The van der Waals surface area contributed by atoms with Crippen molar-refractivity contribution in [2.45, 2.75) is 32.1 Å². The Morgan fingerprint density at radius 3 is 2.78 bits per heavy atom. The van der Waals surface area contributed by atoms with Gasteiger partial charge in [0.25, 0.3) is 5.88 Å². The molecule has 0 saturated carbocycles. The van der Waals surface area contributed by atoms with E-state index in [1.807, 2.05) is 23.5 Å². The van der Waals surface area contributed by atoms with E-state index in [2.05, 4.69) is 16.5 Å². The molecular formula is C22H24F3N5O2. The first-order chi connectivity index (χ1) is 15.2. The van der Waals surface area contributed by atoms with E-state index in [1.54, 1.807) is 42.9 Å². The number of rotatable bonds is 7. The summed E-state index contributed by atoms with van der Waals surface area (Å²) in [5.74, 6) is 0.364. The number of alkyl halides is 3. The molecule has 3 rings (SSSR count). The molecule has 170 valence electrons. The maximum atomic E-state index is 13.0. The fourth-order valence-corrected chi connectivity index (χ4v) is 3.40. The van der Waals surface area contributed by atoms with Crippen LogP contribution in [0.25, 0.3) is 16.9 Å². The van der Waals surface area contributed by atoms with Crippen LogP contribution in [0.4, 0.5) is 18.0 Å². The lowest BCUT2D eigenvalue weighted by molar-refractivity contribution is -0.142. The van der Waals surface area contributed by atoms with Gasteiger partial charge in [0.2, 0.25) is 0 Å². The van der Waals surface area contributed by atoms with Gasteiger partial charge in [-0.3, -0.25) is 0 Å². The number of methoxy groups -OCH3 is 1. The molecule has 0 aliphatic rings. The van der Waals surface area contributed by atoms with Crippen LogP contribution in [0.2, 0.25) is 0 Å². The lowest BCUT2D eigenvalue weighted by Gasteiger charge is -2.30. The average Bonchev–Trinajstić information content (AvgIpc) is 3.25. The van der Waals surface area contributed by atoms with Crippen LogP contribution < -0.4 is 10.1 Å². The molecule has 0 fully saturated rings. The molecule has 0 spiro atoms. The van der Waals surface area contributed by atoms with Crippen molar-refractivity contribution in [2.75, 3.05) is 13.7 Å². The Balaban J connectivity index is 1.89. The van der Waals surface area contributed by atoms with Crippen molar-refractivity contribution in [3.63, 3.8) is 0 Å². The maximum Gasteiger partial charge on any atom is 0.412 e. The summed E-state index contributed by atoms with van der Waals surface area (Å²) in [4.78, 5) is 22.6. The van der Waals surface area contributed by atoms with E-state index in [9.17, 15) is 18.0 Å². The third-order valence-corrected chi connectivity index (χ3v) is 5.14. The molecule has 0 bridgehead atoms. The molecule has 1 aromatic carbocycles. The molecule has 0 radical (unpaired) electrons. The van der Waals surface area contributed by atoms with Gasteiger partial charge in [-0.1, -0.05) is 24.3 Å². The molecule has 1 N–H and O–H groups in total. The molecule has 0 unspecified atom stereocenters. The molecule has 2 aromatic heterocycles. The van der Waals surface area contributed by atoms with Gasteiger partial charge in [0.15, 0.2) is 5.65 Å². The zero-order chi connectivity index (χ0) is 23.5. The number of amides is 2. The van der Waals surface area contributed by atoms with E-state index >= 15 is 0 Å². The highest BCUT2D eigenvalue weighted by Gasteiger charge is 2.39. The summed E-state index contributed by atoms with van der Waals surface area (Å²) in [6, 6.07) is 3.88. The van der Waals surface area contributed by atoms with Gasteiger partial charge in [0, 0.05) is 30.7 Å². The molecule has 0 saturated heterocycles. The molecule has 2 heterocycles. The number of halogens is 3. The van der Waals surface area contributed by atoms with E-state index < -0.39 is 24.3 Å². The minimum Gasteiger partial charge on any atom is -0.478 e. The van der Waals surface area contributed by atoms with Crippen molar-refractivity contribution < 1.29 is 22.7 Å². The highest BCUT2D eigenvalue weighted by atomic mass is 19.4. The van der Waals surface area contributed by atoms with Crippen LogP contribution in [0, 0.1) is 0 Å². The van der Waals surface area contributed by atoms with Gasteiger partial charge in [-0.2, -0.15) is 13.2 Å². The van der Waals surface area contributed by atoms with Crippen LogP contribution in [0.5, 0.6) is 5.88 Å². The van der Waals surface area contributed by atoms with Gasteiger partial charge < -0.3 is 19.4 Å². The molecule has 0 aliphatic carbocycles. The van der Waals surface area contributed by atoms with E-state index in [0.29, 0.717) is 23.3 Å². The number of nitrogens with one attached hydrogen (secondary N) is 1. The van der Waals surface area contributed by atoms with E-state index in [-0.39, 0.29) is 6.54 Å². The molecule has 3 aromatic rings. The Morgan fingerprint density at radius 1 is 1.41 bits per heavy atom. The number of carbonyl (C=O) groups excluding carboxylic acids is 1. The van der Waals surface area contributed by atoms with Crippen LogP contribution in [0.3, 0.4) is 0 Å². The van der Waals surface area contributed by atoms with Crippen LogP contribution in [0.1, 0.15) is 25.5 Å². The quantitative estimate of drug-likeness (QED) is 0.537. The molecule has 7 nitrogen and oxygen atoms in total. The Hall–Kier alpha value is -3.56. The predicted molar refractivity (Wildman–Crippen MR) is 114 cm³/mol. The number of aromatic nitrogens is 3. The van der Waals surface area contributed by atoms with Crippen LogP contribution in [-0.2, 0) is 0 Å².